The summed E-state index contributed by atoms with van der Waals surface area (Å²) >= 11 is 0. The van der Waals surface area contributed by atoms with Crippen LogP contribution in [0, 0.1) is 17.8 Å². The molecule has 0 aliphatic heterocycles. The molecule has 0 spiro atoms. The number of primary amides is 1. The summed E-state index contributed by atoms with van der Waals surface area (Å²) in [6.45, 7) is 0.617. The van der Waals surface area contributed by atoms with Crippen molar-refractivity contribution in [3.63, 3.8) is 0 Å². The van der Waals surface area contributed by atoms with Crippen molar-refractivity contribution in [1.29, 1.82) is 0 Å². The molecule has 0 saturated heterocycles. The molecule has 3 N–H and O–H groups in total. The van der Waals surface area contributed by atoms with Gasteiger partial charge in [-0.2, -0.15) is 0 Å². The van der Waals surface area contributed by atoms with Crippen molar-refractivity contribution in [1.82, 2.24) is 5.32 Å². The van der Waals surface area contributed by atoms with Crippen molar-refractivity contribution in [2.24, 2.45) is 23.5 Å². The zero-order valence-electron chi connectivity index (χ0n) is 14.3. The summed E-state index contributed by atoms with van der Waals surface area (Å²) in [5.74, 6) is 1.64. The molecule has 3 rings (SSSR count). The molecular weight excluding hydrogens is 300 g/mol. The highest BCUT2D eigenvalue weighted by Gasteiger charge is 2.34. The Morgan fingerprint density at radius 3 is 2.67 bits per heavy atom. The molecule has 2 aliphatic rings. The Labute approximate surface area is 144 Å². The summed E-state index contributed by atoms with van der Waals surface area (Å²) in [5, 5.41) is 3.09. The first-order valence-electron chi connectivity index (χ1n) is 9.30. The number of hydrogen-bond acceptors (Lipinski definition) is 2. The molecule has 1 aromatic carbocycles. The van der Waals surface area contributed by atoms with Gasteiger partial charge in [-0.15, -0.1) is 0 Å². The highest BCUT2D eigenvalue weighted by molar-refractivity contribution is 5.92. The third kappa shape index (κ3) is 4.16. The maximum absolute atomic E-state index is 12.5. The Bertz CT molecular complexity index is 599. The highest BCUT2D eigenvalue weighted by Crippen LogP contribution is 2.42. The molecule has 0 unspecified atom stereocenters. The Morgan fingerprint density at radius 1 is 1.08 bits per heavy atom. The van der Waals surface area contributed by atoms with E-state index >= 15 is 0 Å². The first-order chi connectivity index (χ1) is 11.6. The molecule has 1 aromatic rings. The fourth-order valence-corrected chi connectivity index (χ4v) is 4.47. The SMILES string of the molecule is NC(=O)c1cccc(CCNC(=O)[C@@H]2CC[C@@H]3CCCC[C@@H]3C2)c1. The number of amides is 2. The van der Waals surface area contributed by atoms with Gasteiger partial charge in [-0.25, -0.2) is 0 Å². The molecule has 3 atom stereocenters. The summed E-state index contributed by atoms with van der Waals surface area (Å²) in [4.78, 5) is 23.7. The van der Waals surface area contributed by atoms with Gasteiger partial charge in [0.1, 0.15) is 0 Å². The minimum Gasteiger partial charge on any atom is -0.366 e. The summed E-state index contributed by atoms with van der Waals surface area (Å²) in [6.07, 6.45) is 9.48. The Morgan fingerprint density at radius 2 is 1.88 bits per heavy atom. The normalized spacial score (nSPS) is 26.4. The van der Waals surface area contributed by atoms with Gasteiger partial charge in [-0.3, -0.25) is 9.59 Å². The van der Waals surface area contributed by atoms with E-state index in [-0.39, 0.29) is 11.8 Å². The van der Waals surface area contributed by atoms with Gasteiger partial charge in [0, 0.05) is 18.0 Å². The number of benzene rings is 1. The van der Waals surface area contributed by atoms with Crippen LogP contribution >= 0.6 is 0 Å². The molecular formula is C20H28N2O2. The van der Waals surface area contributed by atoms with E-state index in [1.165, 1.54) is 32.1 Å². The third-order valence-corrected chi connectivity index (χ3v) is 5.83. The lowest BCUT2D eigenvalue weighted by Crippen LogP contribution is -2.38. The molecule has 4 nitrogen and oxygen atoms in total. The smallest absolute Gasteiger partial charge is 0.248 e. The standard InChI is InChI=1S/C20H28N2O2/c21-19(23)17-7-3-4-14(12-17)10-11-22-20(24)18-9-8-15-5-1-2-6-16(15)13-18/h3-4,7,12,15-16,18H,1-2,5-6,8-11,13H2,(H2,21,23)(H,22,24)/t15-,16+,18+/m0/s1. The molecule has 2 aliphatic carbocycles. The monoisotopic (exact) mass is 328 g/mol. The third-order valence-electron chi connectivity index (χ3n) is 5.83. The number of rotatable bonds is 5. The lowest BCUT2D eigenvalue weighted by atomic mass is 9.67. The Kier molecular flexibility index (Phi) is 5.54. The van der Waals surface area contributed by atoms with Gasteiger partial charge in [-0.1, -0.05) is 37.8 Å². The second kappa shape index (κ2) is 7.82. The van der Waals surface area contributed by atoms with Crippen LogP contribution in [0.25, 0.3) is 0 Å². The number of nitrogens with one attached hydrogen (secondary N) is 1. The van der Waals surface area contributed by atoms with Crippen molar-refractivity contribution in [2.45, 2.75) is 51.4 Å². The van der Waals surface area contributed by atoms with Crippen LogP contribution in [-0.4, -0.2) is 18.4 Å². The van der Waals surface area contributed by atoms with E-state index in [9.17, 15) is 9.59 Å². The predicted molar refractivity (Wildman–Crippen MR) is 94.5 cm³/mol. The lowest BCUT2D eigenvalue weighted by molar-refractivity contribution is -0.127. The molecule has 2 amide bonds. The zero-order chi connectivity index (χ0) is 16.9. The van der Waals surface area contributed by atoms with Crippen LogP contribution < -0.4 is 11.1 Å². The molecule has 4 heteroatoms. The molecule has 0 aromatic heterocycles. The van der Waals surface area contributed by atoms with Crippen LogP contribution in [0.2, 0.25) is 0 Å². The molecule has 2 fully saturated rings. The van der Waals surface area contributed by atoms with Crippen LogP contribution in [0.3, 0.4) is 0 Å². The topological polar surface area (TPSA) is 72.2 Å². The number of nitrogens with two attached hydrogens (primary N) is 1. The number of carbonyl (C=O) groups excluding carboxylic acids is 2. The van der Waals surface area contributed by atoms with Gasteiger partial charge in [0.05, 0.1) is 0 Å². The fraction of sp³-hybridized carbons (Fsp3) is 0.600. The minimum atomic E-state index is -0.412. The molecule has 0 heterocycles. The lowest BCUT2D eigenvalue weighted by Gasteiger charge is -2.38. The molecule has 24 heavy (non-hydrogen) atoms. The van der Waals surface area contributed by atoms with Crippen molar-refractivity contribution in [2.75, 3.05) is 6.54 Å². The van der Waals surface area contributed by atoms with E-state index in [0.29, 0.717) is 12.1 Å². The van der Waals surface area contributed by atoms with E-state index < -0.39 is 5.91 Å². The Balaban J connectivity index is 1.46. The molecule has 0 radical (unpaired) electrons. The van der Waals surface area contributed by atoms with E-state index in [0.717, 1.165) is 36.7 Å². The van der Waals surface area contributed by atoms with Crippen LogP contribution in [0.5, 0.6) is 0 Å². The minimum absolute atomic E-state index is 0.196. The van der Waals surface area contributed by atoms with Crippen LogP contribution in [0.15, 0.2) is 24.3 Å². The fourth-order valence-electron chi connectivity index (χ4n) is 4.47. The van der Waals surface area contributed by atoms with Crippen molar-refractivity contribution < 1.29 is 9.59 Å². The van der Waals surface area contributed by atoms with Crippen molar-refractivity contribution in [3.05, 3.63) is 35.4 Å². The van der Waals surface area contributed by atoms with Gasteiger partial charge >= 0.3 is 0 Å². The van der Waals surface area contributed by atoms with Gasteiger partial charge < -0.3 is 11.1 Å². The maximum Gasteiger partial charge on any atom is 0.248 e. The van der Waals surface area contributed by atoms with E-state index in [2.05, 4.69) is 5.32 Å². The Hall–Kier alpha value is -1.84. The number of hydrogen-bond donors (Lipinski definition) is 2. The first kappa shape index (κ1) is 17.0. The van der Waals surface area contributed by atoms with Crippen LogP contribution in [-0.2, 0) is 11.2 Å². The molecule has 130 valence electrons. The summed E-state index contributed by atoms with van der Waals surface area (Å²) < 4.78 is 0. The van der Waals surface area contributed by atoms with Gasteiger partial charge in [-0.05, 0) is 55.2 Å². The average Bonchev–Trinajstić information content (AvgIpc) is 2.61. The van der Waals surface area contributed by atoms with Crippen LogP contribution in [0.4, 0.5) is 0 Å². The quantitative estimate of drug-likeness (QED) is 0.872. The second-order valence-corrected chi connectivity index (χ2v) is 7.42. The summed E-state index contributed by atoms with van der Waals surface area (Å²) in [6, 6.07) is 7.32. The zero-order valence-corrected chi connectivity index (χ0v) is 14.3. The van der Waals surface area contributed by atoms with E-state index in [1.807, 2.05) is 18.2 Å². The summed E-state index contributed by atoms with van der Waals surface area (Å²) in [5.41, 5.74) is 6.85. The average molecular weight is 328 g/mol. The van der Waals surface area contributed by atoms with Crippen molar-refractivity contribution in [3.8, 4) is 0 Å². The maximum atomic E-state index is 12.5. The number of fused-ring (bicyclic) bond motifs is 1. The van der Waals surface area contributed by atoms with Gasteiger partial charge in [0.2, 0.25) is 11.8 Å². The summed E-state index contributed by atoms with van der Waals surface area (Å²) in [7, 11) is 0. The van der Waals surface area contributed by atoms with E-state index in [1.54, 1.807) is 6.07 Å². The predicted octanol–water partition coefficient (Wildman–Crippen LogP) is 3.05. The van der Waals surface area contributed by atoms with Gasteiger partial charge in [0.25, 0.3) is 0 Å². The van der Waals surface area contributed by atoms with Crippen LogP contribution in [0.1, 0.15) is 60.9 Å². The van der Waals surface area contributed by atoms with Gasteiger partial charge in [0.15, 0.2) is 0 Å². The van der Waals surface area contributed by atoms with Crippen molar-refractivity contribution >= 4 is 11.8 Å². The molecule has 2 saturated carbocycles. The first-order valence-corrected chi connectivity index (χ1v) is 9.30. The van der Waals surface area contributed by atoms with E-state index in [4.69, 9.17) is 5.73 Å². The highest BCUT2D eigenvalue weighted by atomic mass is 16.2. The second-order valence-electron chi connectivity index (χ2n) is 7.42. The molecule has 0 bridgehead atoms. The largest absolute Gasteiger partial charge is 0.366 e. The number of carbonyl (C=O) groups is 2.